The summed E-state index contributed by atoms with van der Waals surface area (Å²) in [5.74, 6) is -1.12. The number of hydrogen-bond acceptors (Lipinski definition) is 3. The molecular formula is C14H16ClN3O3. The van der Waals surface area contributed by atoms with Gasteiger partial charge in [-0.3, -0.25) is 9.48 Å². The number of halogens is 1. The minimum absolute atomic E-state index is 0.0272. The van der Waals surface area contributed by atoms with Gasteiger partial charge in [-0.05, 0) is 19.4 Å². The van der Waals surface area contributed by atoms with Crippen LogP contribution in [0.5, 0.6) is 0 Å². The second kappa shape index (κ2) is 6.13. The predicted octanol–water partition coefficient (Wildman–Crippen LogP) is 2.03. The molecule has 0 aromatic carbocycles. The number of carbonyl (C=O) groups is 1. The van der Waals surface area contributed by atoms with E-state index in [9.17, 15) is 9.59 Å². The molecule has 0 radical (unpaired) electrons. The highest BCUT2D eigenvalue weighted by atomic mass is 35.5. The number of hydrogen-bond donors (Lipinski definition) is 1. The number of rotatable bonds is 5. The van der Waals surface area contributed by atoms with Crippen LogP contribution in [0, 0.1) is 0 Å². The minimum atomic E-state index is -1.12. The second-order valence-corrected chi connectivity index (χ2v) is 4.94. The SMILES string of the molecule is CCc1nn(CC)c(Cn2ccc(C(=O)O)cc2=O)c1Cl. The summed E-state index contributed by atoms with van der Waals surface area (Å²) < 4.78 is 3.18. The maximum absolute atomic E-state index is 12.0. The molecular weight excluding hydrogens is 294 g/mol. The van der Waals surface area contributed by atoms with Crippen molar-refractivity contribution >= 4 is 17.6 Å². The number of carboxylic acids is 1. The van der Waals surface area contributed by atoms with Gasteiger partial charge in [-0.25, -0.2) is 4.79 Å². The molecule has 0 saturated heterocycles. The average molecular weight is 310 g/mol. The quantitative estimate of drug-likeness (QED) is 0.916. The van der Waals surface area contributed by atoms with Crippen LogP contribution in [0.2, 0.25) is 5.02 Å². The second-order valence-electron chi connectivity index (χ2n) is 4.56. The molecule has 2 aromatic rings. The Morgan fingerprint density at radius 3 is 2.67 bits per heavy atom. The molecule has 2 heterocycles. The Bertz CT molecular complexity index is 734. The topological polar surface area (TPSA) is 77.1 Å². The van der Waals surface area contributed by atoms with Crippen LogP contribution in [0.25, 0.3) is 0 Å². The molecule has 0 atom stereocenters. The summed E-state index contributed by atoms with van der Waals surface area (Å²) in [6.07, 6.45) is 2.17. The van der Waals surface area contributed by atoms with E-state index in [2.05, 4.69) is 5.10 Å². The molecule has 2 rings (SSSR count). The molecule has 7 heteroatoms. The molecule has 1 N–H and O–H groups in total. The van der Waals surface area contributed by atoms with Crippen LogP contribution in [-0.4, -0.2) is 25.4 Å². The first-order valence-corrected chi connectivity index (χ1v) is 7.03. The van der Waals surface area contributed by atoms with Gasteiger partial charge in [-0.2, -0.15) is 5.10 Å². The standard InChI is InChI=1S/C14H16ClN3O3/c1-3-10-13(15)11(18(4-2)16-10)8-17-6-5-9(14(20)21)7-12(17)19/h5-7H,3-4,8H2,1-2H3,(H,20,21). The highest BCUT2D eigenvalue weighted by Crippen LogP contribution is 2.22. The molecule has 0 aliphatic carbocycles. The van der Waals surface area contributed by atoms with Gasteiger partial charge >= 0.3 is 5.97 Å². The van der Waals surface area contributed by atoms with E-state index in [0.29, 0.717) is 18.0 Å². The Hall–Kier alpha value is -2.08. The lowest BCUT2D eigenvalue weighted by molar-refractivity contribution is 0.0696. The van der Waals surface area contributed by atoms with Gasteiger partial charge in [0.15, 0.2) is 0 Å². The van der Waals surface area contributed by atoms with Crippen LogP contribution >= 0.6 is 11.6 Å². The van der Waals surface area contributed by atoms with Crippen molar-refractivity contribution in [2.24, 2.45) is 0 Å². The summed E-state index contributed by atoms with van der Waals surface area (Å²) in [6, 6.07) is 2.49. The minimum Gasteiger partial charge on any atom is -0.478 e. The van der Waals surface area contributed by atoms with E-state index in [1.54, 1.807) is 4.68 Å². The van der Waals surface area contributed by atoms with Gasteiger partial charge in [0.25, 0.3) is 5.56 Å². The third-order valence-corrected chi connectivity index (χ3v) is 3.69. The Kier molecular flexibility index (Phi) is 4.47. The fourth-order valence-electron chi connectivity index (χ4n) is 2.10. The summed E-state index contributed by atoms with van der Waals surface area (Å²) in [7, 11) is 0. The third kappa shape index (κ3) is 3.00. The fourth-order valence-corrected chi connectivity index (χ4v) is 2.43. The van der Waals surface area contributed by atoms with Crippen molar-refractivity contribution in [3.8, 4) is 0 Å². The summed E-state index contributed by atoms with van der Waals surface area (Å²) in [5, 5.41) is 13.8. The lowest BCUT2D eigenvalue weighted by atomic mass is 10.2. The first kappa shape index (κ1) is 15.3. The molecule has 0 aliphatic heterocycles. The first-order valence-electron chi connectivity index (χ1n) is 6.65. The van der Waals surface area contributed by atoms with Gasteiger partial charge in [0, 0.05) is 18.8 Å². The van der Waals surface area contributed by atoms with Crippen LogP contribution in [0.4, 0.5) is 0 Å². The molecule has 6 nitrogen and oxygen atoms in total. The number of nitrogens with zero attached hydrogens (tertiary/aromatic N) is 3. The fraction of sp³-hybridized carbons (Fsp3) is 0.357. The van der Waals surface area contributed by atoms with E-state index in [1.165, 1.54) is 16.8 Å². The van der Waals surface area contributed by atoms with Crippen molar-refractivity contribution in [1.82, 2.24) is 14.3 Å². The van der Waals surface area contributed by atoms with Crippen LogP contribution in [0.3, 0.4) is 0 Å². The molecule has 0 fully saturated rings. The van der Waals surface area contributed by atoms with Gasteiger partial charge < -0.3 is 9.67 Å². The zero-order chi connectivity index (χ0) is 15.6. The molecule has 0 saturated carbocycles. The van der Waals surface area contributed by atoms with Gasteiger partial charge in [0.1, 0.15) is 0 Å². The largest absolute Gasteiger partial charge is 0.478 e. The Balaban J connectivity index is 2.41. The van der Waals surface area contributed by atoms with Crippen LogP contribution < -0.4 is 5.56 Å². The number of aryl methyl sites for hydroxylation is 2. The number of pyridine rings is 1. The average Bonchev–Trinajstić information content (AvgIpc) is 2.77. The predicted molar refractivity (Wildman–Crippen MR) is 79.1 cm³/mol. The zero-order valence-corrected chi connectivity index (χ0v) is 12.6. The Labute approximate surface area is 126 Å². The van der Waals surface area contributed by atoms with E-state index in [0.717, 1.165) is 17.5 Å². The van der Waals surface area contributed by atoms with Crippen molar-refractivity contribution in [2.75, 3.05) is 0 Å². The summed E-state index contributed by atoms with van der Waals surface area (Å²) in [6.45, 7) is 4.82. The maximum Gasteiger partial charge on any atom is 0.335 e. The molecule has 21 heavy (non-hydrogen) atoms. The van der Waals surface area contributed by atoms with Gasteiger partial charge in [-0.15, -0.1) is 0 Å². The Morgan fingerprint density at radius 2 is 2.14 bits per heavy atom. The molecule has 0 amide bonds. The molecule has 2 aromatic heterocycles. The molecule has 0 aliphatic rings. The van der Waals surface area contributed by atoms with Crippen molar-refractivity contribution in [3.05, 3.63) is 50.7 Å². The van der Waals surface area contributed by atoms with Gasteiger partial charge in [-0.1, -0.05) is 18.5 Å². The van der Waals surface area contributed by atoms with E-state index < -0.39 is 5.97 Å². The Morgan fingerprint density at radius 1 is 1.43 bits per heavy atom. The summed E-state index contributed by atoms with van der Waals surface area (Å²) in [5.41, 5.74) is 1.14. The molecule has 112 valence electrons. The summed E-state index contributed by atoms with van der Waals surface area (Å²) >= 11 is 6.30. The van der Waals surface area contributed by atoms with Gasteiger partial charge in [0.2, 0.25) is 0 Å². The van der Waals surface area contributed by atoms with Crippen molar-refractivity contribution < 1.29 is 9.90 Å². The number of aromatic carboxylic acids is 1. The molecule has 0 unspecified atom stereocenters. The van der Waals surface area contributed by atoms with Crippen LogP contribution in [0.15, 0.2) is 23.1 Å². The molecule has 0 spiro atoms. The number of carboxylic acid groups (broad SMARTS) is 1. The first-order chi connectivity index (χ1) is 9.97. The normalized spacial score (nSPS) is 10.8. The monoisotopic (exact) mass is 309 g/mol. The maximum atomic E-state index is 12.0. The van der Waals surface area contributed by atoms with Crippen LogP contribution in [0.1, 0.15) is 35.6 Å². The van der Waals surface area contributed by atoms with Crippen LogP contribution in [-0.2, 0) is 19.5 Å². The highest BCUT2D eigenvalue weighted by Gasteiger charge is 2.15. The lowest BCUT2D eigenvalue weighted by Gasteiger charge is -2.08. The van der Waals surface area contributed by atoms with E-state index in [-0.39, 0.29) is 17.7 Å². The van der Waals surface area contributed by atoms with Crippen molar-refractivity contribution in [1.29, 1.82) is 0 Å². The van der Waals surface area contributed by atoms with E-state index >= 15 is 0 Å². The number of aromatic nitrogens is 3. The summed E-state index contributed by atoms with van der Waals surface area (Å²) in [4.78, 5) is 22.8. The third-order valence-electron chi connectivity index (χ3n) is 3.26. The smallest absolute Gasteiger partial charge is 0.335 e. The molecule has 0 bridgehead atoms. The lowest BCUT2D eigenvalue weighted by Crippen LogP contribution is -2.22. The van der Waals surface area contributed by atoms with Crippen molar-refractivity contribution in [2.45, 2.75) is 33.4 Å². The van der Waals surface area contributed by atoms with E-state index in [4.69, 9.17) is 16.7 Å². The zero-order valence-electron chi connectivity index (χ0n) is 11.8. The highest BCUT2D eigenvalue weighted by molar-refractivity contribution is 6.31. The van der Waals surface area contributed by atoms with Crippen molar-refractivity contribution in [3.63, 3.8) is 0 Å². The van der Waals surface area contributed by atoms with E-state index in [1.807, 2.05) is 13.8 Å². The van der Waals surface area contributed by atoms with Gasteiger partial charge in [0.05, 0.1) is 28.5 Å².